The van der Waals surface area contributed by atoms with Crippen LogP contribution < -0.4 is 5.32 Å². The molecule has 2 amide bonds. The molecule has 0 aliphatic heterocycles. The normalized spacial score (nSPS) is 12.0. The van der Waals surface area contributed by atoms with Crippen molar-refractivity contribution in [3.8, 4) is 0 Å². The van der Waals surface area contributed by atoms with Gasteiger partial charge in [-0.1, -0.05) is 43.3 Å². The Morgan fingerprint density at radius 1 is 1.19 bits per heavy atom. The van der Waals surface area contributed by atoms with Crippen molar-refractivity contribution >= 4 is 39.1 Å². The van der Waals surface area contributed by atoms with Crippen molar-refractivity contribution < 1.29 is 9.59 Å². The Morgan fingerprint density at radius 2 is 1.93 bits per heavy atom. The molecule has 0 bridgehead atoms. The van der Waals surface area contributed by atoms with Crippen molar-refractivity contribution in [2.45, 2.75) is 33.2 Å². The largest absolute Gasteiger partial charge is 0.327 e. The fourth-order valence-corrected chi connectivity index (χ4v) is 3.62. The monoisotopic (exact) mass is 381 g/mol. The number of nitrogens with zero attached hydrogens (tertiary/aromatic N) is 2. The number of aromatic nitrogens is 1. The van der Waals surface area contributed by atoms with Gasteiger partial charge in [0.25, 0.3) is 5.91 Å². The van der Waals surface area contributed by atoms with E-state index in [1.54, 1.807) is 11.1 Å². The van der Waals surface area contributed by atoms with Gasteiger partial charge in [0.1, 0.15) is 6.54 Å². The molecule has 3 rings (SSSR count). The van der Waals surface area contributed by atoms with Gasteiger partial charge in [0.15, 0.2) is 5.13 Å². The highest BCUT2D eigenvalue weighted by Crippen LogP contribution is 2.22. The van der Waals surface area contributed by atoms with Crippen LogP contribution in [-0.4, -0.2) is 34.3 Å². The molecule has 140 valence electrons. The van der Waals surface area contributed by atoms with E-state index < -0.39 is 0 Å². The number of benzene rings is 2. The van der Waals surface area contributed by atoms with Crippen molar-refractivity contribution in [3.05, 3.63) is 59.1 Å². The van der Waals surface area contributed by atoms with Gasteiger partial charge in [0.05, 0.1) is 0 Å². The Balaban J connectivity index is 1.85. The minimum atomic E-state index is -0.238. The lowest BCUT2D eigenvalue weighted by Gasteiger charge is -2.28. The highest BCUT2D eigenvalue weighted by Gasteiger charge is 2.24. The van der Waals surface area contributed by atoms with Crippen LogP contribution in [0.2, 0.25) is 0 Å². The number of thiazole rings is 1. The predicted molar refractivity (Wildman–Crippen MR) is 110 cm³/mol. The van der Waals surface area contributed by atoms with E-state index in [1.807, 2.05) is 63.2 Å². The van der Waals surface area contributed by atoms with E-state index >= 15 is 0 Å². The number of fused-ring (bicyclic) bond motifs is 1. The first-order valence-electron chi connectivity index (χ1n) is 9.00. The Morgan fingerprint density at radius 3 is 2.63 bits per heavy atom. The summed E-state index contributed by atoms with van der Waals surface area (Å²) in [6.07, 6.45) is 2.48. The van der Waals surface area contributed by atoms with Gasteiger partial charge in [-0.05, 0) is 37.1 Å². The topological polar surface area (TPSA) is 62.3 Å². The highest BCUT2D eigenvalue weighted by molar-refractivity contribution is 7.15. The number of hydrogen-bond acceptors (Lipinski definition) is 4. The summed E-state index contributed by atoms with van der Waals surface area (Å²) in [6, 6.07) is 13.4. The van der Waals surface area contributed by atoms with Crippen molar-refractivity contribution in [2.75, 3.05) is 11.9 Å². The van der Waals surface area contributed by atoms with Gasteiger partial charge in [-0.2, -0.15) is 0 Å². The Bertz CT molecular complexity index is 961. The van der Waals surface area contributed by atoms with Crippen molar-refractivity contribution in [3.63, 3.8) is 0 Å². The average molecular weight is 382 g/mol. The van der Waals surface area contributed by atoms with E-state index in [-0.39, 0.29) is 24.4 Å². The van der Waals surface area contributed by atoms with Crippen molar-refractivity contribution in [1.29, 1.82) is 0 Å². The van der Waals surface area contributed by atoms with E-state index in [2.05, 4.69) is 10.3 Å². The molecule has 0 saturated carbocycles. The molecule has 0 spiro atoms. The molecule has 0 aliphatic rings. The molecule has 0 aliphatic carbocycles. The minimum Gasteiger partial charge on any atom is -0.327 e. The van der Waals surface area contributed by atoms with Crippen molar-refractivity contribution in [2.24, 2.45) is 0 Å². The van der Waals surface area contributed by atoms with Crippen LogP contribution >= 0.6 is 11.3 Å². The van der Waals surface area contributed by atoms with Gasteiger partial charge >= 0.3 is 0 Å². The smallest absolute Gasteiger partial charge is 0.255 e. The molecule has 1 heterocycles. The highest BCUT2D eigenvalue weighted by atomic mass is 32.1. The number of rotatable bonds is 6. The average Bonchev–Trinajstić information content (AvgIpc) is 3.09. The number of aryl methyl sites for hydroxylation is 1. The Hall–Kier alpha value is -2.73. The molecule has 0 fully saturated rings. The zero-order chi connectivity index (χ0) is 19.4. The lowest BCUT2D eigenvalue weighted by Crippen LogP contribution is -2.43. The molecular formula is C21H23N3O2S. The molecule has 27 heavy (non-hydrogen) atoms. The summed E-state index contributed by atoms with van der Waals surface area (Å²) in [4.78, 5) is 32.6. The van der Waals surface area contributed by atoms with E-state index in [1.165, 1.54) is 11.3 Å². The first kappa shape index (κ1) is 19.0. The first-order valence-corrected chi connectivity index (χ1v) is 9.82. The maximum absolute atomic E-state index is 13.3. The van der Waals surface area contributed by atoms with Crippen LogP contribution in [-0.2, 0) is 4.79 Å². The first-order chi connectivity index (χ1) is 13.0. The van der Waals surface area contributed by atoms with E-state index in [0.29, 0.717) is 10.7 Å². The molecule has 1 N–H and O–H groups in total. The second-order valence-corrected chi connectivity index (χ2v) is 7.78. The maximum atomic E-state index is 13.3. The summed E-state index contributed by atoms with van der Waals surface area (Å²) in [7, 11) is 0. The molecular weight excluding hydrogens is 358 g/mol. The van der Waals surface area contributed by atoms with Crippen LogP contribution in [0.4, 0.5) is 5.13 Å². The molecule has 6 heteroatoms. The van der Waals surface area contributed by atoms with Gasteiger partial charge in [-0.3, -0.25) is 9.59 Å². The molecule has 0 saturated heterocycles. The maximum Gasteiger partial charge on any atom is 0.255 e. The number of carbonyl (C=O) groups is 2. The summed E-state index contributed by atoms with van der Waals surface area (Å²) in [6.45, 7) is 5.90. The van der Waals surface area contributed by atoms with Crippen LogP contribution in [0.5, 0.6) is 0 Å². The van der Waals surface area contributed by atoms with Gasteiger partial charge in [0.2, 0.25) is 5.91 Å². The van der Waals surface area contributed by atoms with Crippen LogP contribution in [0, 0.1) is 6.92 Å². The van der Waals surface area contributed by atoms with E-state index in [9.17, 15) is 9.59 Å². The van der Waals surface area contributed by atoms with Gasteiger partial charge < -0.3 is 10.2 Å². The number of anilines is 1. The molecule has 1 atom stereocenters. The fourth-order valence-electron chi connectivity index (χ4n) is 2.94. The standard InChI is InChI=1S/C21H23N3O2S/c1-4-14(2)24(13-19(25)23-21-22-12-15(3)27-21)20(26)18-11-7-9-16-8-5-6-10-17(16)18/h5-12,14H,4,13H2,1-3H3,(H,22,23,25)/t14-/m1/s1. The molecule has 5 nitrogen and oxygen atoms in total. The summed E-state index contributed by atoms with van der Waals surface area (Å²) in [5.41, 5.74) is 0.617. The number of nitrogens with one attached hydrogen (secondary N) is 1. The number of amides is 2. The molecule has 0 unspecified atom stereocenters. The number of hydrogen-bond donors (Lipinski definition) is 1. The number of carbonyl (C=O) groups excluding carboxylic acids is 2. The zero-order valence-corrected chi connectivity index (χ0v) is 16.5. The lowest BCUT2D eigenvalue weighted by atomic mass is 10.0. The molecule has 3 aromatic rings. The molecule has 1 aromatic heterocycles. The summed E-state index contributed by atoms with van der Waals surface area (Å²) < 4.78 is 0. The molecule has 0 radical (unpaired) electrons. The molecule has 2 aromatic carbocycles. The summed E-state index contributed by atoms with van der Waals surface area (Å²) >= 11 is 1.42. The third-order valence-electron chi connectivity index (χ3n) is 4.59. The van der Waals surface area contributed by atoms with Crippen LogP contribution in [0.15, 0.2) is 48.7 Å². The van der Waals surface area contributed by atoms with Crippen LogP contribution in [0.3, 0.4) is 0 Å². The van der Waals surface area contributed by atoms with Gasteiger partial charge in [0, 0.05) is 22.7 Å². The Kier molecular flexibility index (Phi) is 5.86. The quantitative estimate of drug-likeness (QED) is 0.684. The minimum absolute atomic E-state index is 0.00428. The summed E-state index contributed by atoms with van der Waals surface area (Å²) in [5, 5.41) is 5.25. The lowest BCUT2D eigenvalue weighted by molar-refractivity contribution is -0.117. The van der Waals surface area contributed by atoms with Gasteiger partial charge in [-0.25, -0.2) is 4.98 Å². The summed E-state index contributed by atoms with van der Waals surface area (Å²) in [5.74, 6) is -0.371. The van der Waals surface area contributed by atoms with E-state index in [0.717, 1.165) is 22.1 Å². The Labute approximate surface area is 163 Å². The van der Waals surface area contributed by atoms with Crippen molar-refractivity contribution in [1.82, 2.24) is 9.88 Å². The fraction of sp³-hybridized carbons (Fsp3) is 0.286. The second kappa shape index (κ2) is 8.31. The van der Waals surface area contributed by atoms with Crippen LogP contribution in [0.1, 0.15) is 35.5 Å². The predicted octanol–water partition coefficient (Wildman–Crippen LogP) is 4.48. The second-order valence-electron chi connectivity index (χ2n) is 6.54. The third kappa shape index (κ3) is 4.34. The SMILES string of the molecule is CC[C@@H](C)N(CC(=O)Nc1ncc(C)s1)C(=O)c1cccc2ccccc12. The van der Waals surface area contributed by atoms with E-state index in [4.69, 9.17) is 0 Å². The van der Waals surface area contributed by atoms with Gasteiger partial charge in [-0.15, -0.1) is 11.3 Å². The zero-order valence-electron chi connectivity index (χ0n) is 15.7. The third-order valence-corrected chi connectivity index (χ3v) is 5.41. The van der Waals surface area contributed by atoms with Crippen LogP contribution in [0.25, 0.3) is 10.8 Å².